The van der Waals surface area contributed by atoms with Crippen molar-refractivity contribution < 1.29 is 19.1 Å². The number of carbonyl (C=O) groups excluding carboxylic acids is 3. The van der Waals surface area contributed by atoms with E-state index in [-0.39, 0.29) is 42.4 Å². The highest BCUT2D eigenvalue weighted by atomic mass is 16.5. The molecule has 0 unspecified atom stereocenters. The highest BCUT2D eigenvalue weighted by Gasteiger charge is 2.49. The molecule has 8 nitrogen and oxygen atoms in total. The molecule has 2 aromatic rings. The van der Waals surface area contributed by atoms with Crippen LogP contribution in [0.15, 0.2) is 24.3 Å². The van der Waals surface area contributed by atoms with Crippen molar-refractivity contribution in [3.63, 3.8) is 0 Å². The van der Waals surface area contributed by atoms with E-state index in [4.69, 9.17) is 4.74 Å². The molecule has 1 fully saturated rings. The van der Waals surface area contributed by atoms with E-state index in [2.05, 4.69) is 10.4 Å². The van der Waals surface area contributed by atoms with Gasteiger partial charge in [0.25, 0.3) is 5.91 Å². The first-order valence-corrected chi connectivity index (χ1v) is 12.7. The molecule has 4 rings (SSSR count). The van der Waals surface area contributed by atoms with Crippen LogP contribution in [0, 0.1) is 13.8 Å². The van der Waals surface area contributed by atoms with E-state index in [1.807, 2.05) is 32.0 Å². The Morgan fingerprint density at radius 2 is 1.80 bits per heavy atom. The van der Waals surface area contributed by atoms with Gasteiger partial charge in [0, 0.05) is 17.8 Å². The Hall–Kier alpha value is -3.16. The Kier molecular flexibility index (Phi) is 7.28. The quantitative estimate of drug-likeness (QED) is 0.643. The van der Waals surface area contributed by atoms with E-state index in [1.54, 1.807) is 18.7 Å². The van der Waals surface area contributed by atoms with Gasteiger partial charge in [-0.1, -0.05) is 49.8 Å². The molecule has 0 radical (unpaired) electrons. The predicted molar refractivity (Wildman–Crippen MR) is 134 cm³/mol. The molecule has 1 aromatic carbocycles. The number of fused-ring (bicyclic) bond motifs is 1. The maximum atomic E-state index is 13.9. The third kappa shape index (κ3) is 4.97. The normalized spacial score (nSPS) is 21.1. The number of aromatic nitrogens is 2. The molecule has 188 valence electrons. The Bertz CT molecular complexity index is 1120. The first-order chi connectivity index (χ1) is 16.7. The van der Waals surface area contributed by atoms with E-state index in [9.17, 15) is 14.4 Å². The Balaban J connectivity index is 1.74. The average molecular weight is 481 g/mol. The van der Waals surface area contributed by atoms with Crippen molar-refractivity contribution in [2.24, 2.45) is 0 Å². The first kappa shape index (κ1) is 24.9. The van der Waals surface area contributed by atoms with E-state index in [1.165, 1.54) is 30.0 Å². The van der Waals surface area contributed by atoms with Crippen LogP contribution < -0.4 is 10.2 Å². The predicted octanol–water partition coefficient (Wildman–Crippen LogP) is 4.32. The number of ether oxygens (including phenoxy) is 1. The first-order valence-electron chi connectivity index (χ1n) is 12.7. The molecule has 1 atom stereocenters. The molecule has 0 spiro atoms. The van der Waals surface area contributed by atoms with E-state index >= 15 is 0 Å². The number of carbonyl (C=O) groups is 3. The van der Waals surface area contributed by atoms with Crippen LogP contribution >= 0.6 is 0 Å². The zero-order valence-electron chi connectivity index (χ0n) is 21.2. The number of nitrogens with zero attached hydrogens (tertiary/aromatic N) is 3. The summed E-state index contributed by atoms with van der Waals surface area (Å²) in [7, 11) is 0. The fourth-order valence-electron chi connectivity index (χ4n) is 5.26. The summed E-state index contributed by atoms with van der Waals surface area (Å²) in [6.07, 6.45) is 7.69. The van der Waals surface area contributed by atoms with Gasteiger partial charge in [0.1, 0.15) is 11.2 Å². The minimum Gasteiger partial charge on any atom is -0.461 e. The second-order valence-electron chi connectivity index (χ2n) is 10.0. The lowest BCUT2D eigenvalue weighted by molar-refractivity contribution is -0.127. The van der Waals surface area contributed by atoms with Crippen LogP contribution in [0.25, 0.3) is 0 Å². The Morgan fingerprint density at radius 1 is 1.11 bits per heavy atom. The van der Waals surface area contributed by atoms with Gasteiger partial charge in [-0.25, -0.2) is 4.79 Å². The summed E-state index contributed by atoms with van der Waals surface area (Å²) in [6.45, 7) is 7.80. The highest BCUT2D eigenvalue weighted by Crippen LogP contribution is 2.35. The zero-order chi connectivity index (χ0) is 25.2. The van der Waals surface area contributed by atoms with Gasteiger partial charge < -0.3 is 10.1 Å². The number of benzene rings is 1. The lowest BCUT2D eigenvalue weighted by Gasteiger charge is -2.44. The maximum absolute atomic E-state index is 13.9. The number of anilines is 1. The summed E-state index contributed by atoms with van der Waals surface area (Å²) in [4.78, 5) is 41.7. The lowest BCUT2D eigenvalue weighted by Crippen LogP contribution is -2.65. The van der Waals surface area contributed by atoms with Gasteiger partial charge in [-0.15, -0.1) is 0 Å². The van der Waals surface area contributed by atoms with Crippen molar-refractivity contribution in [1.29, 1.82) is 0 Å². The molecule has 35 heavy (non-hydrogen) atoms. The van der Waals surface area contributed by atoms with Crippen LogP contribution in [0.1, 0.15) is 90.9 Å². The van der Waals surface area contributed by atoms with Gasteiger partial charge in [0.2, 0.25) is 5.91 Å². The number of nitrogens with one attached hydrogen (secondary N) is 1. The second-order valence-corrected chi connectivity index (χ2v) is 10.0. The molecular weight excluding hydrogens is 444 g/mol. The molecule has 1 aliphatic heterocycles. The summed E-state index contributed by atoms with van der Waals surface area (Å²) in [6, 6.07) is 7.39. The third-order valence-electron chi connectivity index (χ3n) is 7.16. The number of hydrogen-bond acceptors (Lipinski definition) is 5. The van der Waals surface area contributed by atoms with Crippen LogP contribution in [0.4, 0.5) is 5.69 Å². The van der Waals surface area contributed by atoms with Crippen molar-refractivity contribution in [2.75, 3.05) is 11.5 Å². The fourth-order valence-corrected chi connectivity index (χ4v) is 5.26. The number of hydrogen-bond donors (Lipinski definition) is 1. The minimum absolute atomic E-state index is 0.0699. The van der Waals surface area contributed by atoms with Gasteiger partial charge >= 0.3 is 5.97 Å². The number of aryl methyl sites for hydroxylation is 2. The van der Waals surface area contributed by atoms with Crippen molar-refractivity contribution in [2.45, 2.75) is 90.8 Å². The Labute approximate surface area is 207 Å². The highest BCUT2D eigenvalue weighted by molar-refractivity contribution is 6.12. The zero-order valence-corrected chi connectivity index (χ0v) is 21.2. The van der Waals surface area contributed by atoms with Gasteiger partial charge in [0.15, 0.2) is 5.69 Å². The average Bonchev–Trinajstić information content (AvgIpc) is 3.21. The van der Waals surface area contributed by atoms with Crippen LogP contribution in [-0.4, -0.2) is 45.8 Å². The largest absolute Gasteiger partial charge is 0.461 e. The molecule has 1 saturated carbocycles. The monoisotopic (exact) mass is 480 g/mol. The summed E-state index contributed by atoms with van der Waals surface area (Å²) < 4.78 is 6.57. The van der Waals surface area contributed by atoms with Gasteiger partial charge in [-0.05, 0) is 52.2 Å². The summed E-state index contributed by atoms with van der Waals surface area (Å²) in [5, 5.41) is 7.61. The summed E-state index contributed by atoms with van der Waals surface area (Å²) >= 11 is 0. The van der Waals surface area contributed by atoms with Crippen LogP contribution in [0.3, 0.4) is 0 Å². The fraction of sp³-hybridized carbons (Fsp3) is 0.556. The number of esters is 1. The molecule has 2 amide bonds. The van der Waals surface area contributed by atoms with Gasteiger partial charge in [0.05, 0.1) is 13.2 Å². The van der Waals surface area contributed by atoms with E-state index < -0.39 is 11.5 Å². The van der Waals surface area contributed by atoms with Crippen LogP contribution in [0.2, 0.25) is 0 Å². The van der Waals surface area contributed by atoms with Gasteiger partial charge in [-0.2, -0.15) is 5.10 Å². The topological polar surface area (TPSA) is 93.5 Å². The maximum Gasteiger partial charge on any atom is 0.358 e. The lowest BCUT2D eigenvalue weighted by atomic mass is 9.91. The summed E-state index contributed by atoms with van der Waals surface area (Å²) in [5.41, 5.74) is 1.78. The van der Waals surface area contributed by atoms with Crippen molar-refractivity contribution >= 4 is 23.5 Å². The van der Waals surface area contributed by atoms with E-state index in [0.717, 1.165) is 36.8 Å². The van der Waals surface area contributed by atoms with Crippen molar-refractivity contribution in [1.82, 2.24) is 15.1 Å². The molecule has 2 heterocycles. The molecule has 8 heteroatoms. The van der Waals surface area contributed by atoms with Crippen molar-refractivity contribution in [3.05, 3.63) is 46.8 Å². The second kappa shape index (κ2) is 10.2. The molecule has 1 N–H and O–H groups in total. The van der Waals surface area contributed by atoms with Crippen LogP contribution in [0.5, 0.6) is 0 Å². The molecule has 1 aliphatic carbocycles. The SMILES string of the molecule is CCOC(=O)c1cc2n(n1)C[C@](C)(C(=O)NC1CCCCCCC1)N(c1ccc(C)cc1C)C2=O. The number of amides is 2. The molecular formula is C27H36N4O4. The minimum atomic E-state index is -1.22. The summed E-state index contributed by atoms with van der Waals surface area (Å²) in [5.74, 6) is -1.14. The standard InChI is InChI=1S/C27H36N4O4/c1-5-35-25(33)21-16-23-24(32)31(22-14-13-18(2)15-19(22)3)27(4,17-30(23)29-21)26(34)28-20-11-9-7-6-8-10-12-20/h13-16,20H,5-12,17H2,1-4H3,(H,28,34)/t27-/m1/s1. The molecule has 2 aliphatic rings. The molecule has 1 aromatic heterocycles. The van der Waals surface area contributed by atoms with E-state index in [0.29, 0.717) is 5.69 Å². The number of rotatable bonds is 5. The van der Waals surface area contributed by atoms with Crippen LogP contribution in [-0.2, 0) is 16.1 Å². The Morgan fingerprint density at radius 3 is 2.46 bits per heavy atom. The third-order valence-corrected chi connectivity index (χ3v) is 7.16. The molecule has 0 bridgehead atoms. The van der Waals surface area contributed by atoms with Gasteiger partial charge in [-0.3, -0.25) is 19.2 Å². The smallest absolute Gasteiger partial charge is 0.358 e. The molecule has 0 saturated heterocycles. The van der Waals surface area contributed by atoms with Crippen molar-refractivity contribution in [3.8, 4) is 0 Å².